The molecule has 2 amide bonds. The van der Waals surface area contributed by atoms with Crippen LogP contribution in [0.25, 0.3) is 11.5 Å². The number of rotatable bonds is 6. The Labute approximate surface area is 136 Å². The molecule has 0 spiro atoms. The Balaban J connectivity index is 1.89. The molecule has 1 atom stereocenters. The average molecular weight is 316 g/mol. The summed E-state index contributed by atoms with van der Waals surface area (Å²) in [6.07, 6.45) is 1.46. The molecule has 0 bridgehead atoms. The monoisotopic (exact) mass is 316 g/mol. The van der Waals surface area contributed by atoms with Crippen molar-refractivity contribution in [2.75, 3.05) is 13.6 Å². The van der Waals surface area contributed by atoms with Gasteiger partial charge in [-0.25, -0.2) is 4.79 Å². The van der Waals surface area contributed by atoms with E-state index < -0.39 is 0 Å². The first-order valence-electron chi connectivity index (χ1n) is 7.90. The minimum absolute atomic E-state index is 0.0818. The minimum Gasteiger partial charge on any atom is -0.336 e. The summed E-state index contributed by atoms with van der Waals surface area (Å²) in [7, 11) is 1.76. The highest BCUT2D eigenvalue weighted by Gasteiger charge is 2.13. The molecule has 1 aromatic heterocycles. The highest BCUT2D eigenvalue weighted by Crippen LogP contribution is 2.17. The number of amides is 2. The molecule has 1 N–H and O–H groups in total. The van der Waals surface area contributed by atoms with Crippen LogP contribution in [0.2, 0.25) is 0 Å². The summed E-state index contributed by atoms with van der Waals surface area (Å²) < 4.78 is 5.29. The van der Waals surface area contributed by atoms with Crippen LogP contribution in [0.1, 0.15) is 31.7 Å². The van der Waals surface area contributed by atoms with Crippen molar-refractivity contribution in [1.29, 1.82) is 0 Å². The van der Waals surface area contributed by atoms with E-state index in [4.69, 9.17) is 4.52 Å². The lowest BCUT2D eigenvalue weighted by Gasteiger charge is -2.20. The maximum absolute atomic E-state index is 11.9. The zero-order valence-corrected chi connectivity index (χ0v) is 14.2. The standard InChI is InChI=1S/C17H24N4O2/c1-5-13(3)18-17(22)21(4)11-10-15-19-16(23-20-15)14-8-6-12(2)7-9-14/h6-9,13H,5,10-11H2,1-4H3,(H,18,22). The number of carbonyl (C=O) groups excluding carboxylic acids is 1. The normalized spacial score (nSPS) is 12.0. The third-order valence-electron chi connectivity index (χ3n) is 3.77. The van der Waals surface area contributed by atoms with Crippen molar-refractivity contribution in [2.45, 2.75) is 39.7 Å². The van der Waals surface area contributed by atoms with Crippen molar-refractivity contribution < 1.29 is 9.32 Å². The minimum atomic E-state index is -0.0818. The molecule has 0 aliphatic carbocycles. The lowest BCUT2D eigenvalue weighted by Crippen LogP contribution is -2.42. The number of aryl methyl sites for hydroxylation is 1. The fraction of sp³-hybridized carbons (Fsp3) is 0.471. The molecule has 1 aromatic carbocycles. The van der Waals surface area contributed by atoms with Gasteiger partial charge in [0.25, 0.3) is 5.89 Å². The van der Waals surface area contributed by atoms with Crippen molar-refractivity contribution in [3.8, 4) is 11.5 Å². The SMILES string of the molecule is CCC(C)NC(=O)N(C)CCc1noc(-c2ccc(C)cc2)n1. The van der Waals surface area contributed by atoms with Crippen LogP contribution < -0.4 is 5.32 Å². The van der Waals surface area contributed by atoms with Crippen LogP contribution >= 0.6 is 0 Å². The zero-order chi connectivity index (χ0) is 16.8. The average Bonchev–Trinajstić information content (AvgIpc) is 3.02. The number of benzene rings is 1. The molecule has 0 saturated heterocycles. The predicted molar refractivity (Wildman–Crippen MR) is 89.1 cm³/mol. The summed E-state index contributed by atoms with van der Waals surface area (Å²) in [5.41, 5.74) is 2.08. The van der Waals surface area contributed by atoms with Crippen molar-refractivity contribution in [3.05, 3.63) is 35.7 Å². The van der Waals surface area contributed by atoms with Crippen molar-refractivity contribution >= 4 is 6.03 Å². The largest absolute Gasteiger partial charge is 0.336 e. The van der Waals surface area contributed by atoms with Gasteiger partial charge in [0.1, 0.15) is 0 Å². The van der Waals surface area contributed by atoms with Gasteiger partial charge in [0.2, 0.25) is 0 Å². The van der Waals surface area contributed by atoms with Gasteiger partial charge in [0, 0.05) is 31.6 Å². The molecule has 0 fully saturated rings. The fourth-order valence-electron chi connectivity index (χ4n) is 1.96. The topological polar surface area (TPSA) is 71.3 Å². The van der Waals surface area contributed by atoms with Crippen LogP contribution in [0.3, 0.4) is 0 Å². The Hall–Kier alpha value is -2.37. The number of likely N-dealkylation sites (N-methyl/N-ethyl adjacent to an activating group) is 1. The number of aromatic nitrogens is 2. The summed E-state index contributed by atoms with van der Waals surface area (Å²) in [6, 6.07) is 8.01. The van der Waals surface area contributed by atoms with Crippen LogP contribution in [-0.4, -0.2) is 40.7 Å². The smallest absolute Gasteiger partial charge is 0.317 e. The number of urea groups is 1. The van der Waals surface area contributed by atoms with Crippen LogP contribution in [0.5, 0.6) is 0 Å². The second-order valence-electron chi connectivity index (χ2n) is 5.81. The summed E-state index contributed by atoms with van der Waals surface area (Å²) in [5, 5.41) is 6.90. The van der Waals surface area contributed by atoms with Crippen molar-refractivity contribution in [2.24, 2.45) is 0 Å². The van der Waals surface area contributed by atoms with E-state index in [1.54, 1.807) is 11.9 Å². The molecular formula is C17H24N4O2. The van der Waals surface area contributed by atoms with Gasteiger partial charge in [0.15, 0.2) is 5.82 Å². The fourth-order valence-corrected chi connectivity index (χ4v) is 1.96. The van der Waals surface area contributed by atoms with Gasteiger partial charge >= 0.3 is 6.03 Å². The van der Waals surface area contributed by atoms with E-state index in [1.807, 2.05) is 45.0 Å². The Morgan fingerprint density at radius 3 is 2.70 bits per heavy atom. The summed E-state index contributed by atoms with van der Waals surface area (Å²) in [6.45, 7) is 6.59. The van der Waals surface area contributed by atoms with Gasteiger partial charge in [-0.15, -0.1) is 0 Å². The predicted octanol–water partition coefficient (Wildman–Crippen LogP) is 3.03. The first-order chi connectivity index (χ1) is 11.0. The van der Waals surface area contributed by atoms with Crippen LogP contribution in [0.15, 0.2) is 28.8 Å². The molecule has 6 heteroatoms. The van der Waals surface area contributed by atoms with E-state index >= 15 is 0 Å². The van der Waals surface area contributed by atoms with E-state index in [-0.39, 0.29) is 12.1 Å². The first-order valence-corrected chi connectivity index (χ1v) is 7.90. The second-order valence-corrected chi connectivity index (χ2v) is 5.81. The summed E-state index contributed by atoms with van der Waals surface area (Å²) >= 11 is 0. The first kappa shape index (κ1) is 17.0. The maximum atomic E-state index is 11.9. The second kappa shape index (κ2) is 7.76. The Morgan fingerprint density at radius 2 is 2.04 bits per heavy atom. The lowest BCUT2D eigenvalue weighted by molar-refractivity contribution is 0.205. The third-order valence-corrected chi connectivity index (χ3v) is 3.77. The van der Waals surface area contributed by atoms with Gasteiger partial charge in [-0.1, -0.05) is 29.8 Å². The van der Waals surface area contributed by atoms with E-state index in [9.17, 15) is 4.79 Å². The summed E-state index contributed by atoms with van der Waals surface area (Å²) in [4.78, 5) is 18.0. The number of carbonyl (C=O) groups is 1. The Kier molecular flexibility index (Phi) is 5.73. The maximum Gasteiger partial charge on any atom is 0.317 e. The van der Waals surface area contributed by atoms with E-state index in [0.717, 1.165) is 12.0 Å². The van der Waals surface area contributed by atoms with E-state index in [1.165, 1.54) is 5.56 Å². The molecule has 0 aliphatic heterocycles. The molecule has 124 valence electrons. The highest BCUT2D eigenvalue weighted by atomic mass is 16.5. The number of hydrogen-bond acceptors (Lipinski definition) is 4. The Morgan fingerprint density at radius 1 is 1.35 bits per heavy atom. The molecule has 1 heterocycles. The molecule has 2 aromatic rings. The number of hydrogen-bond donors (Lipinski definition) is 1. The molecule has 2 rings (SSSR count). The number of nitrogens with one attached hydrogen (secondary N) is 1. The van der Waals surface area contributed by atoms with Gasteiger partial charge < -0.3 is 14.7 Å². The van der Waals surface area contributed by atoms with Crippen LogP contribution in [-0.2, 0) is 6.42 Å². The van der Waals surface area contributed by atoms with Crippen LogP contribution in [0, 0.1) is 6.92 Å². The number of nitrogens with zero attached hydrogens (tertiary/aromatic N) is 3. The van der Waals surface area contributed by atoms with Gasteiger partial charge in [-0.3, -0.25) is 0 Å². The van der Waals surface area contributed by atoms with Gasteiger partial charge in [-0.05, 0) is 32.4 Å². The van der Waals surface area contributed by atoms with E-state index in [0.29, 0.717) is 24.7 Å². The Bertz CT molecular complexity index is 636. The van der Waals surface area contributed by atoms with Crippen molar-refractivity contribution in [3.63, 3.8) is 0 Å². The molecule has 6 nitrogen and oxygen atoms in total. The highest BCUT2D eigenvalue weighted by molar-refractivity contribution is 5.74. The molecule has 1 unspecified atom stereocenters. The van der Waals surface area contributed by atoms with Crippen molar-refractivity contribution in [1.82, 2.24) is 20.4 Å². The zero-order valence-electron chi connectivity index (χ0n) is 14.2. The summed E-state index contributed by atoms with van der Waals surface area (Å²) in [5.74, 6) is 1.11. The van der Waals surface area contributed by atoms with Gasteiger partial charge in [-0.2, -0.15) is 4.98 Å². The molecule has 23 heavy (non-hydrogen) atoms. The van der Waals surface area contributed by atoms with E-state index in [2.05, 4.69) is 15.5 Å². The molecule has 0 radical (unpaired) electrons. The van der Waals surface area contributed by atoms with Gasteiger partial charge in [0.05, 0.1) is 0 Å². The molecular weight excluding hydrogens is 292 g/mol. The molecule has 0 aliphatic rings. The lowest BCUT2D eigenvalue weighted by atomic mass is 10.1. The molecule has 0 saturated carbocycles. The quantitative estimate of drug-likeness (QED) is 0.889. The third kappa shape index (κ3) is 4.81. The van der Waals surface area contributed by atoms with Crippen LogP contribution in [0.4, 0.5) is 4.79 Å².